The van der Waals surface area contributed by atoms with Crippen molar-refractivity contribution >= 4 is 49.1 Å². The van der Waals surface area contributed by atoms with Gasteiger partial charge in [0.1, 0.15) is 18.4 Å². The number of ether oxygens (including phenoxy) is 1. The molecule has 5 aromatic rings. The van der Waals surface area contributed by atoms with Gasteiger partial charge in [-0.1, -0.05) is 15.9 Å². The van der Waals surface area contributed by atoms with E-state index >= 15 is 0 Å². The number of rotatable bonds is 3. The third kappa shape index (κ3) is 2.56. The molecule has 0 aliphatic rings. The molecule has 138 valence electrons. The van der Waals surface area contributed by atoms with Crippen LogP contribution in [0.1, 0.15) is 12.5 Å². The molecule has 0 atom stereocenters. The number of carbonyl (C=O) groups excluding carboxylic acids is 1. The number of esters is 1. The van der Waals surface area contributed by atoms with E-state index in [0.717, 1.165) is 26.3 Å². The Kier molecular flexibility index (Phi) is 3.70. The summed E-state index contributed by atoms with van der Waals surface area (Å²) >= 11 is 3.51. The van der Waals surface area contributed by atoms with Crippen LogP contribution >= 0.6 is 15.9 Å². The molecule has 5 rings (SSSR count). The van der Waals surface area contributed by atoms with Crippen LogP contribution in [0, 0.1) is 0 Å². The van der Waals surface area contributed by atoms with Crippen LogP contribution < -0.4 is 10.2 Å². The third-order valence-electron chi connectivity index (χ3n) is 4.71. The predicted molar refractivity (Wildman–Crippen MR) is 108 cm³/mol. The minimum Gasteiger partial charge on any atom is -0.427 e. The van der Waals surface area contributed by atoms with Crippen LogP contribution in [-0.2, 0) is 11.3 Å². The van der Waals surface area contributed by atoms with Crippen LogP contribution in [0.25, 0.3) is 27.2 Å². The van der Waals surface area contributed by atoms with Gasteiger partial charge in [-0.15, -0.1) is 0 Å². The molecule has 8 heteroatoms. The number of nitrogens with zero attached hydrogens (tertiary/aromatic N) is 4. The Morgan fingerprint density at radius 2 is 2.00 bits per heavy atom. The van der Waals surface area contributed by atoms with Gasteiger partial charge in [-0.3, -0.25) is 9.59 Å². The maximum Gasteiger partial charge on any atom is 0.308 e. The summed E-state index contributed by atoms with van der Waals surface area (Å²) in [6.45, 7) is 1.64. The Balaban J connectivity index is 1.91. The molecule has 7 nitrogen and oxygen atoms in total. The van der Waals surface area contributed by atoms with E-state index < -0.39 is 5.97 Å². The Hall–Kier alpha value is -3.26. The van der Waals surface area contributed by atoms with Gasteiger partial charge in [-0.2, -0.15) is 5.10 Å². The van der Waals surface area contributed by atoms with Crippen molar-refractivity contribution in [3.63, 3.8) is 0 Å². The van der Waals surface area contributed by atoms with E-state index in [4.69, 9.17) is 4.74 Å². The molecule has 3 heterocycles. The van der Waals surface area contributed by atoms with Crippen molar-refractivity contribution in [2.75, 3.05) is 0 Å². The highest BCUT2D eigenvalue weighted by atomic mass is 79.9. The first-order chi connectivity index (χ1) is 13.5. The van der Waals surface area contributed by atoms with Crippen LogP contribution in [0.2, 0.25) is 0 Å². The Morgan fingerprint density at radius 3 is 2.75 bits per heavy atom. The lowest BCUT2D eigenvalue weighted by molar-refractivity contribution is -0.131. The number of benzene rings is 2. The molecular weight excluding hydrogens is 424 g/mol. The van der Waals surface area contributed by atoms with Crippen molar-refractivity contribution in [1.29, 1.82) is 0 Å². The van der Waals surface area contributed by atoms with Crippen molar-refractivity contribution in [1.82, 2.24) is 19.2 Å². The molecule has 0 bridgehead atoms. The largest absolute Gasteiger partial charge is 0.427 e. The Labute approximate surface area is 166 Å². The molecule has 0 amide bonds. The van der Waals surface area contributed by atoms with Gasteiger partial charge in [0, 0.05) is 33.9 Å². The Morgan fingerprint density at radius 1 is 1.18 bits per heavy atom. The lowest BCUT2D eigenvalue weighted by atomic mass is 10.1. The number of aromatic nitrogens is 4. The fraction of sp³-hybridized carbons (Fsp3) is 0.100. The second kappa shape index (κ2) is 6.13. The fourth-order valence-electron chi connectivity index (χ4n) is 3.65. The van der Waals surface area contributed by atoms with E-state index in [1.807, 2.05) is 28.8 Å². The summed E-state index contributed by atoms with van der Waals surface area (Å²) in [5, 5.41) is 6.41. The molecule has 0 fully saturated rings. The summed E-state index contributed by atoms with van der Waals surface area (Å²) < 4.78 is 9.85. The van der Waals surface area contributed by atoms with E-state index in [1.54, 1.807) is 23.1 Å². The number of carbonyl (C=O) groups is 1. The fourth-order valence-corrected chi connectivity index (χ4v) is 4.01. The molecule has 0 aliphatic carbocycles. The smallest absolute Gasteiger partial charge is 0.308 e. The van der Waals surface area contributed by atoms with Crippen LogP contribution in [0.4, 0.5) is 0 Å². The highest BCUT2D eigenvalue weighted by Crippen LogP contribution is 2.35. The molecule has 28 heavy (non-hydrogen) atoms. The molecule has 0 aliphatic heterocycles. The minimum absolute atomic E-state index is 0.121. The Bertz CT molecular complexity index is 1420. The SMILES string of the molecule is CC(=O)Oc1cc2c(=O)c(Cn3cncn3)cn3c4ccc(Br)cc4c(c1)c23. The first-order valence-corrected chi connectivity index (χ1v) is 9.34. The van der Waals surface area contributed by atoms with Gasteiger partial charge in [-0.25, -0.2) is 9.67 Å². The van der Waals surface area contributed by atoms with Crippen molar-refractivity contribution in [3.05, 3.63) is 69.4 Å². The molecule has 0 unspecified atom stereocenters. The maximum atomic E-state index is 13.2. The van der Waals surface area contributed by atoms with Gasteiger partial charge in [-0.05, 0) is 30.3 Å². The third-order valence-corrected chi connectivity index (χ3v) is 5.21. The zero-order valence-electron chi connectivity index (χ0n) is 14.7. The van der Waals surface area contributed by atoms with Crippen LogP contribution in [-0.4, -0.2) is 25.1 Å². The summed E-state index contributed by atoms with van der Waals surface area (Å²) in [5.41, 5.74) is 2.21. The van der Waals surface area contributed by atoms with Crippen molar-refractivity contribution in [2.24, 2.45) is 0 Å². The van der Waals surface area contributed by atoms with Gasteiger partial charge >= 0.3 is 5.97 Å². The zero-order valence-corrected chi connectivity index (χ0v) is 16.3. The van der Waals surface area contributed by atoms with Crippen LogP contribution in [0.5, 0.6) is 5.75 Å². The molecule has 2 aromatic carbocycles. The summed E-state index contributed by atoms with van der Waals surface area (Å²) in [7, 11) is 0. The van der Waals surface area contributed by atoms with Gasteiger partial charge in [0.25, 0.3) is 0 Å². The summed E-state index contributed by atoms with van der Waals surface area (Å²) in [6.07, 6.45) is 4.85. The molecule has 0 saturated heterocycles. The normalized spacial score (nSPS) is 11.6. The van der Waals surface area contributed by atoms with Gasteiger partial charge in [0.2, 0.25) is 0 Å². The van der Waals surface area contributed by atoms with Crippen LogP contribution in [0.15, 0.2) is 58.5 Å². The lowest BCUT2D eigenvalue weighted by Crippen LogP contribution is -2.15. The first-order valence-electron chi connectivity index (χ1n) is 8.54. The van der Waals surface area contributed by atoms with Gasteiger partial charge < -0.3 is 9.14 Å². The van der Waals surface area contributed by atoms with Crippen molar-refractivity contribution < 1.29 is 9.53 Å². The van der Waals surface area contributed by atoms with Crippen molar-refractivity contribution in [3.8, 4) is 5.75 Å². The van der Waals surface area contributed by atoms with Gasteiger partial charge in [0.15, 0.2) is 5.43 Å². The quantitative estimate of drug-likeness (QED) is 0.320. The standard InChI is InChI=1S/C20H13BrN4O3/c1-11(26)28-14-5-16-15-4-13(21)2-3-18(15)25-8-12(7-24-10-22-9-23-24)20(27)17(6-14)19(16)25/h2-6,8-10H,7H2,1H3. The van der Waals surface area contributed by atoms with E-state index in [1.165, 1.54) is 13.3 Å². The average molecular weight is 437 g/mol. The van der Waals surface area contributed by atoms with E-state index in [9.17, 15) is 9.59 Å². The molecule has 0 N–H and O–H groups in total. The topological polar surface area (TPSA) is 78.5 Å². The monoisotopic (exact) mass is 436 g/mol. The predicted octanol–water partition coefficient (Wildman–Crippen LogP) is 3.37. The number of hydrogen-bond acceptors (Lipinski definition) is 5. The highest BCUT2D eigenvalue weighted by molar-refractivity contribution is 9.10. The minimum atomic E-state index is -0.432. The van der Waals surface area contributed by atoms with Gasteiger partial charge in [0.05, 0.1) is 23.0 Å². The summed E-state index contributed by atoms with van der Waals surface area (Å²) in [6, 6.07) is 9.38. The second-order valence-corrected chi connectivity index (χ2v) is 7.48. The average Bonchev–Trinajstić information content (AvgIpc) is 3.26. The molecular formula is C20H13BrN4O3. The molecule has 0 radical (unpaired) electrons. The van der Waals surface area contributed by atoms with E-state index in [-0.39, 0.29) is 5.43 Å². The number of pyridine rings is 1. The number of halogens is 1. The lowest BCUT2D eigenvalue weighted by Gasteiger charge is -2.08. The van der Waals surface area contributed by atoms with Crippen molar-refractivity contribution in [2.45, 2.75) is 13.5 Å². The van der Waals surface area contributed by atoms with E-state index in [2.05, 4.69) is 26.0 Å². The molecule has 0 saturated carbocycles. The maximum absolute atomic E-state index is 13.2. The zero-order chi connectivity index (χ0) is 19.4. The molecule has 0 spiro atoms. The van der Waals surface area contributed by atoms with E-state index in [0.29, 0.717) is 23.2 Å². The highest BCUT2D eigenvalue weighted by Gasteiger charge is 2.18. The number of fused-ring (bicyclic) bond motifs is 3. The molecule has 3 aromatic heterocycles. The summed E-state index contributed by atoms with van der Waals surface area (Å²) in [5.74, 6) is -0.0810. The van der Waals surface area contributed by atoms with Crippen LogP contribution in [0.3, 0.4) is 0 Å². The first kappa shape index (κ1) is 16.9. The number of hydrogen-bond donors (Lipinski definition) is 0. The second-order valence-electron chi connectivity index (χ2n) is 6.57. The summed E-state index contributed by atoms with van der Waals surface area (Å²) in [4.78, 5) is 28.6.